The van der Waals surface area contributed by atoms with Crippen molar-refractivity contribution in [3.05, 3.63) is 15.9 Å². The highest BCUT2D eigenvalue weighted by atomic mass is 79.9. The number of sulfonamides is 1. The largest absolute Gasteiger partial charge is 0.341 e. The number of likely N-dealkylation sites (tertiary alicyclic amines) is 1. The second-order valence-electron chi connectivity index (χ2n) is 5.43. The molecule has 1 N–H and O–H groups in total. The maximum absolute atomic E-state index is 12.5. The number of hydrogen-bond donors (Lipinski definition) is 1. The third-order valence-electron chi connectivity index (χ3n) is 3.45. The summed E-state index contributed by atoms with van der Waals surface area (Å²) in [6.07, 6.45) is 1.97. The van der Waals surface area contributed by atoms with E-state index in [2.05, 4.69) is 20.7 Å². The zero-order chi connectivity index (χ0) is 15.6. The first-order valence-electron chi connectivity index (χ1n) is 6.88. The second kappa shape index (κ2) is 6.76. The van der Waals surface area contributed by atoms with Crippen LogP contribution < -0.4 is 4.72 Å². The van der Waals surface area contributed by atoms with Gasteiger partial charge in [0.25, 0.3) is 10.0 Å². The van der Waals surface area contributed by atoms with Gasteiger partial charge in [0.2, 0.25) is 5.91 Å². The van der Waals surface area contributed by atoms with E-state index in [1.165, 1.54) is 6.07 Å². The summed E-state index contributed by atoms with van der Waals surface area (Å²) in [4.78, 5) is 14.2. The lowest BCUT2D eigenvalue weighted by molar-refractivity contribution is -0.132. The highest BCUT2D eigenvalue weighted by Crippen LogP contribution is 2.26. The SMILES string of the molecule is CC(C)[C@H](NS(=O)(=O)c1ccc(Br)s1)C(=O)N1CCCC1. The molecule has 2 heterocycles. The van der Waals surface area contributed by atoms with E-state index >= 15 is 0 Å². The summed E-state index contributed by atoms with van der Waals surface area (Å²) in [5.74, 6) is -0.224. The van der Waals surface area contributed by atoms with Gasteiger partial charge in [-0.25, -0.2) is 8.42 Å². The number of thiophene rings is 1. The maximum Gasteiger partial charge on any atom is 0.250 e. The fourth-order valence-corrected chi connectivity index (χ4v) is 5.64. The van der Waals surface area contributed by atoms with E-state index in [-0.39, 0.29) is 16.0 Å². The van der Waals surface area contributed by atoms with Crippen molar-refractivity contribution in [3.63, 3.8) is 0 Å². The Morgan fingerprint density at radius 2 is 1.95 bits per heavy atom. The molecule has 118 valence electrons. The molecule has 21 heavy (non-hydrogen) atoms. The molecule has 1 saturated heterocycles. The smallest absolute Gasteiger partial charge is 0.250 e. The molecule has 1 aromatic rings. The average molecular weight is 395 g/mol. The lowest BCUT2D eigenvalue weighted by Gasteiger charge is -2.26. The quantitative estimate of drug-likeness (QED) is 0.833. The summed E-state index contributed by atoms with van der Waals surface area (Å²) >= 11 is 4.39. The Balaban J connectivity index is 2.17. The minimum absolute atomic E-state index is 0.101. The fraction of sp³-hybridized carbons (Fsp3) is 0.615. The van der Waals surface area contributed by atoms with Gasteiger partial charge in [0.15, 0.2) is 0 Å². The van der Waals surface area contributed by atoms with Gasteiger partial charge in [-0.2, -0.15) is 4.72 Å². The molecule has 0 aromatic carbocycles. The van der Waals surface area contributed by atoms with E-state index in [4.69, 9.17) is 0 Å². The summed E-state index contributed by atoms with van der Waals surface area (Å²) in [5.41, 5.74) is 0. The number of rotatable bonds is 5. The Bertz CT molecular complexity index is 607. The first-order chi connectivity index (χ1) is 9.81. The van der Waals surface area contributed by atoms with Gasteiger partial charge >= 0.3 is 0 Å². The van der Waals surface area contributed by atoms with E-state index in [0.29, 0.717) is 13.1 Å². The maximum atomic E-state index is 12.5. The third kappa shape index (κ3) is 4.06. The van der Waals surface area contributed by atoms with Gasteiger partial charge in [-0.05, 0) is 46.8 Å². The molecule has 1 aliphatic rings. The number of carbonyl (C=O) groups excluding carboxylic acids is 1. The van der Waals surface area contributed by atoms with Crippen LogP contribution in [-0.4, -0.2) is 38.4 Å². The number of nitrogens with one attached hydrogen (secondary N) is 1. The molecule has 0 radical (unpaired) electrons. The lowest BCUT2D eigenvalue weighted by atomic mass is 10.0. The van der Waals surface area contributed by atoms with E-state index in [0.717, 1.165) is 28.0 Å². The molecule has 1 aromatic heterocycles. The van der Waals surface area contributed by atoms with Crippen molar-refractivity contribution in [2.24, 2.45) is 5.92 Å². The van der Waals surface area contributed by atoms with Gasteiger partial charge in [0.05, 0.1) is 3.79 Å². The van der Waals surface area contributed by atoms with Gasteiger partial charge in [0, 0.05) is 13.1 Å². The molecular formula is C13H19BrN2O3S2. The number of hydrogen-bond acceptors (Lipinski definition) is 4. The lowest BCUT2D eigenvalue weighted by Crippen LogP contribution is -2.50. The fourth-order valence-electron chi connectivity index (χ4n) is 2.27. The van der Waals surface area contributed by atoms with E-state index in [1.54, 1.807) is 11.0 Å². The zero-order valence-electron chi connectivity index (χ0n) is 12.0. The molecule has 0 saturated carbocycles. The molecule has 1 aliphatic heterocycles. The van der Waals surface area contributed by atoms with Gasteiger partial charge in [-0.1, -0.05) is 13.8 Å². The number of nitrogens with zero attached hydrogens (tertiary/aromatic N) is 1. The van der Waals surface area contributed by atoms with Crippen LogP contribution >= 0.6 is 27.3 Å². The van der Waals surface area contributed by atoms with Gasteiger partial charge < -0.3 is 4.90 Å². The van der Waals surface area contributed by atoms with Crippen molar-refractivity contribution in [2.45, 2.75) is 36.9 Å². The summed E-state index contributed by atoms with van der Waals surface area (Å²) in [7, 11) is -3.67. The number of carbonyl (C=O) groups is 1. The summed E-state index contributed by atoms with van der Waals surface area (Å²) < 4.78 is 28.3. The summed E-state index contributed by atoms with van der Waals surface area (Å²) in [5, 5.41) is 0. The molecule has 2 rings (SSSR count). The molecule has 8 heteroatoms. The summed E-state index contributed by atoms with van der Waals surface area (Å²) in [6, 6.07) is 2.51. The number of amides is 1. The van der Waals surface area contributed by atoms with Crippen LogP contribution in [0.3, 0.4) is 0 Å². The molecule has 5 nitrogen and oxygen atoms in total. The number of halogens is 1. The average Bonchev–Trinajstić information content (AvgIpc) is 3.05. The normalized spacial score (nSPS) is 17.4. The van der Waals surface area contributed by atoms with Crippen LogP contribution in [0.25, 0.3) is 0 Å². The Morgan fingerprint density at radius 3 is 2.43 bits per heavy atom. The van der Waals surface area contributed by atoms with Crippen LogP contribution in [0.5, 0.6) is 0 Å². The van der Waals surface area contributed by atoms with Crippen LogP contribution in [-0.2, 0) is 14.8 Å². The molecule has 0 bridgehead atoms. The van der Waals surface area contributed by atoms with Gasteiger partial charge in [0.1, 0.15) is 10.3 Å². The van der Waals surface area contributed by atoms with Crippen molar-refractivity contribution in [1.29, 1.82) is 0 Å². The van der Waals surface area contributed by atoms with Crippen LogP contribution in [0.2, 0.25) is 0 Å². The van der Waals surface area contributed by atoms with Gasteiger partial charge in [-0.3, -0.25) is 4.79 Å². The van der Waals surface area contributed by atoms with Crippen molar-refractivity contribution in [2.75, 3.05) is 13.1 Å². The van der Waals surface area contributed by atoms with Crippen LogP contribution in [0.15, 0.2) is 20.1 Å². The molecular weight excluding hydrogens is 376 g/mol. The van der Waals surface area contributed by atoms with E-state index < -0.39 is 16.1 Å². The predicted octanol–water partition coefficient (Wildman–Crippen LogP) is 2.44. The first-order valence-corrected chi connectivity index (χ1v) is 9.97. The molecule has 0 aliphatic carbocycles. The summed E-state index contributed by atoms with van der Waals surface area (Å²) in [6.45, 7) is 5.14. The highest BCUT2D eigenvalue weighted by molar-refractivity contribution is 9.11. The predicted molar refractivity (Wildman–Crippen MR) is 86.8 cm³/mol. The second-order valence-corrected chi connectivity index (χ2v) is 9.84. The Labute approximate surface area is 137 Å². The Hall–Kier alpha value is -0.440. The van der Waals surface area contributed by atoms with Crippen molar-refractivity contribution in [1.82, 2.24) is 9.62 Å². The van der Waals surface area contributed by atoms with E-state index in [1.807, 2.05) is 13.8 Å². The minimum Gasteiger partial charge on any atom is -0.341 e. The minimum atomic E-state index is -3.67. The zero-order valence-corrected chi connectivity index (χ0v) is 15.2. The monoisotopic (exact) mass is 394 g/mol. The van der Waals surface area contributed by atoms with Crippen molar-refractivity contribution >= 4 is 43.2 Å². The Kier molecular flexibility index (Phi) is 5.45. The topological polar surface area (TPSA) is 66.5 Å². The van der Waals surface area contributed by atoms with Crippen LogP contribution in [0.1, 0.15) is 26.7 Å². The third-order valence-corrected chi connectivity index (χ3v) is 7.00. The molecule has 1 atom stereocenters. The van der Waals surface area contributed by atoms with Crippen LogP contribution in [0, 0.1) is 5.92 Å². The first kappa shape index (κ1) is 16.9. The standard InChI is InChI=1S/C13H19BrN2O3S2/c1-9(2)12(13(17)16-7-3-4-8-16)15-21(18,19)11-6-5-10(14)20-11/h5-6,9,12,15H,3-4,7-8H2,1-2H3/t12-/m0/s1. The molecule has 1 fully saturated rings. The van der Waals surface area contributed by atoms with Crippen molar-refractivity contribution in [3.8, 4) is 0 Å². The Morgan fingerprint density at radius 1 is 1.33 bits per heavy atom. The molecule has 0 spiro atoms. The highest BCUT2D eigenvalue weighted by Gasteiger charge is 2.33. The van der Waals surface area contributed by atoms with Gasteiger partial charge in [-0.15, -0.1) is 11.3 Å². The van der Waals surface area contributed by atoms with E-state index in [9.17, 15) is 13.2 Å². The van der Waals surface area contributed by atoms with Crippen molar-refractivity contribution < 1.29 is 13.2 Å². The molecule has 0 unspecified atom stereocenters. The molecule has 1 amide bonds. The van der Waals surface area contributed by atoms with Crippen LogP contribution in [0.4, 0.5) is 0 Å².